The normalized spacial score (nSPS) is 10.7. The van der Waals surface area contributed by atoms with Crippen molar-refractivity contribution in [2.75, 3.05) is 10.6 Å². The van der Waals surface area contributed by atoms with Crippen LogP contribution in [0.15, 0.2) is 61.1 Å². The molecule has 27 heavy (non-hydrogen) atoms. The number of urea groups is 1. The summed E-state index contributed by atoms with van der Waals surface area (Å²) in [6, 6.07) is 12.7. The SMILES string of the molecule is Cc1ccc(NC(=O)Nc2ccc3ncc(-c4cnn(C)c4)nc3c2)cc1. The van der Waals surface area contributed by atoms with Gasteiger partial charge in [-0.2, -0.15) is 5.10 Å². The van der Waals surface area contributed by atoms with Crippen molar-refractivity contribution < 1.29 is 4.79 Å². The number of carbonyl (C=O) groups is 1. The molecule has 0 aliphatic heterocycles. The van der Waals surface area contributed by atoms with Crippen LogP contribution >= 0.6 is 0 Å². The number of hydrogen-bond acceptors (Lipinski definition) is 4. The molecule has 0 unspecified atom stereocenters. The van der Waals surface area contributed by atoms with E-state index in [1.54, 1.807) is 29.2 Å². The van der Waals surface area contributed by atoms with Crippen molar-refractivity contribution in [1.29, 1.82) is 0 Å². The van der Waals surface area contributed by atoms with Gasteiger partial charge in [-0.1, -0.05) is 17.7 Å². The second kappa shape index (κ2) is 6.87. The van der Waals surface area contributed by atoms with E-state index >= 15 is 0 Å². The number of amides is 2. The summed E-state index contributed by atoms with van der Waals surface area (Å²) in [7, 11) is 1.85. The molecule has 134 valence electrons. The third-order valence-electron chi connectivity index (χ3n) is 4.11. The molecular weight excluding hydrogens is 340 g/mol. The average Bonchev–Trinajstić information content (AvgIpc) is 3.09. The number of nitrogens with one attached hydrogen (secondary N) is 2. The molecular formula is C20H18N6O. The first-order chi connectivity index (χ1) is 13.1. The summed E-state index contributed by atoms with van der Waals surface area (Å²) in [4.78, 5) is 21.3. The number of benzene rings is 2. The molecule has 2 N–H and O–H groups in total. The number of hydrogen-bond donors (Lipinski definition) is 2. The molecule has 2 aromatic heterocycles. The average molecular weight is 358 g/mol. The molecule has 0 saturated heterocycles. The Labute approximate surface area is 156 Å². The highest BCUT2D eigenvalue weighted by atomic mass is 16.2. The minimum Gasteiger partial charge on any atom is -0.308 e. The zero-order valence-corrected chi connectivity index (χ0v) is 15.0. The zero-order chi connectivity index (χ0) is 18.8. The third-order valence-corrected chi connectivity index (χ3v) is 4.11. The molecule has 0 bridgehead atoms. The summed E-state index contributed by atoms with van der Waals surface area (Å²) >= 11 is 0. The minimum atomic E-state index is -0.311. The highest BCUT2D eigenvalue weighted by Gasteiger charge is 2.07. The Morgan fingerprint density at radius 1 is 0.963 bits per heavy atom. The lowest BCUT2D eigenvalue weighted by Crippen LogP contribution is -2.19. The standard InChI is InChI=1S/C20H18N6O/c1-13-3-5-15(6-4-13)23-20(27)24-16-7-8-17-18(9-16)25-19(11-21-17)14-10-22-26(2)12-14/h3-12H,1-2H3,(H2,23,24,27). The van der Waals surface area contributed by atoms with Gasteiger partial charge in [0.25, 0.3) is 0 Å². The number of aromatic nitrogens is 4. The molecule has 4 rings (SSSR count). The van der Waals surface area contributed by atoms with E-state index in [-0.39, 0.29) is 6.03 Å². The number of carbonyl (C=O) groups excluding carboxylic acids is 1. The maximum Gasteiger partial charge on any atom is 0.323 e. The van der Waals surface area contributed by atoms with Gasteiger partial charge >= 0.3 is 6.03 Å². The first-order valence-electron chi connectivity index (χ1n) is 8.47. The summed E-state index contributed by atoms with van der Waals surface area (Å²) in [5.74, 6) is 0. The summed E-state index contributed by atoms with van der Waals surface area (Å²) in [6.07, 6.45) is 5.34. The Balaban J connectivity index is 1.54. The van der Waals surface area contributed by atoms with Crippen LogP contribution in [0.25, 0.3) is 22.3 Å². The van der Waals surface area contributed by atoms with Crippen molar-refractivity contribution in [3.63, 3.8) is 0 Å². The van der Waals surface area contributed by atoms with Gasteiger partial charge in [0.2, 0.25) is 0 Å². The van der Waals surface area contributed by atoms with Crippen molar-refractivity contribution in [3.8, 4) is 11.3 Å². The predicted molar refractivity (Wildman–Crippen MR) is 106 cm³/mol. The number of aryl methyl sites for hydroxylation is 2. The topological polar surface area (TPSA) is 84.7 Å². The molecule has 0 fully saturated rings. The summed E-state index contributed by atoms with van der Waals surface area (Å²) in [5.41, 5.74) is 5.59. The molecule has 7 heteroatoms. The van der Waals surface area contributed by atoms with Crippen molar-refractivity contribution >= 4 is 28.4 Å². The predicted octanol–water partition coefficient (Wildman–Crippen LogP) is 3.98. The highest BCUT2D eigenvalue weighted by molar-refractivity contribution is 6.00. The van der Waals surface area contributed by atoms with Gasteiger partial charge in [0.05, 0.1) is 29.1 Å². The molecule has 2 amide bonds. The second-order valence-corrected chi connectivity index (χ2v) is 6.31. The summed E-state index contributed by atoms with van der Waals surface area (Å²) in [5, 5.41) is 9.79. The van der Waals surface area contributed by atoms with Crippen LogP contribution in [-0.2, 0) is 7.05 Å². The number of rotatable bonds is 3. The Kier molecular flexibility index (Phi) is 4.25. The number of fused-ring (bicyclic) bond motifs is 1. The molecule has 7 nitrogen and oxygen atoms in total. The number of nitrogens with zero attached hydrogens (tertiary/aromatic N) is 4. The van der Waals surface area contributed by atoms with Gasteiger partial charge < -0.3 is 10.6 Å². The van der Waals surface area contributed by atoms with Crippen LogP contribution in [0, 0.1) is 6.92 Å². The van der Waals surface area contributed by atoms with E-state index in [4.69, 9.17) is 0 Å². The van der Waals surface area contributed by atoms with E-state index < -0.39 is 0 Å². The van der Waals surface area contributed by atoms with Crippen LogP contribution in [-0.4, -0.2) is 25.8 Å². The molecule has 2 aromatic carbocycles. The lowest BCUT2D eigenvalue weighted by Gasteiger charge is -2.09. The molecule has 0 spiro atoms. The summed E-state index contributed by atoms with van der Waals surface area (Å²) in [6.45, 7) is 2.00. The fraction of sp³-hybridized carbons (Fsp3) is 0.100. The van der Waals surface area contributed by atoms with Gasteiger partial charge in [-0.3, -0.25) is 9.67 Å². The van der Waals surface area contributed by atoms with Crippen LogP contribution in [0.1, 0.15) is 5.56 Å². The molecule has 0 radical (unpaired) electrons. The Morgan fingerprint density at radius 3 is 2.44 bits per heavy atom. The first-order valence-corrected chi connectivity index (χ1v) is 8.47. The monoisotopic (exact) mass is 358 g/mol. The highest BCUT2D eigenvalue weighted by Crippen LogP contribution is 2.21. The third kappa shape index (κ3) is 3.77. The Bertz CT molecular complexity index is 1120. The number of anilines is 2. The van der Waals surface area contributed by atoms with Gasteiger partial charge in [0.15, 0.2) is 0 Å². The van der Waals surface area contributed by atoms with E-state index in [0.717, 1.165) is 28.0 Å². The molecule has 0 aliphatic carbocycles. The molecule has 2 heterocycles. The maximum absolute atomic E-state index is 12.2. The zero-order valence-electron chi connectivity index (χ0n) is 15.0. The van der Waals surface area contributed by atoms with Gasteiger partial charge in [0.1, 0.15) is 0 Å². The maximum atomic E-state index is 12.2. The van der Waals surface area contributed by atoms with E-state index in [0.29, 0.717) is 11.2 Å². The van der Waals surface area contributed by atoms with Crippen molar-refractivity contribution in [1.82, 2.24) is 19.7 Å². The fourth-order valence-electron chi connectivity index (χ4n) is 2.71. The molecule has 0 atom stereocenters. The minimum absolute atomic E-state index is 0.311. The van der Waals surface area contributed by atoms with Crippen LogP contribution in [0.4, 0.5) is 16.2 Å². The van der Waals surface area contributed by atoms with Gasteiger partial charge in [-0.15, -0.1) is 0 Å². The molecule has 0 aliphatic rings. The Hall–Kier alpha value is -3.74. The van der Waals surface area contributed by atoms with Gasteiger partial charge in [0, 0.05) is 30.2 Å². The van der Waals surface area contributed by atoms with Crippen LogP contribution in [0.2, 0.25) is 0 Å². The van der Waals surface area contributed by atoms with Crippen LogP contribution in [0.3, 0.4) is 0 Å². The van der Waals surface area contributed by atoms with Gasteiger partial charge in [-0.25, -0.2) is 9.78 Å². The molecule has 0 saturated carbocycles. The summed E-state index contributed by atoms with van der Waals surface area (Å²) < 4.78 is 1.72. The largest absolute Gasteiger partial charge is 0.323 e. The molecule has 4 aromatic rings. The van der Waals surface area contributed by atoms with E-state index in [9.17, 15) is 4.79 Å². The fourth-order valence-corrected chi connectivity index (χ4v) is 2.71. The van der Waals surface area contributed by atoms with Gasteiger partial charge in [-0.05, 0) is 37.3 Å². The lowest BCUT2D eigenvalue weighted by atomic mass is 10.2. The van der Waals surface area contributed by atoms with E-state index in [1.807, 2.05) is 50.5 Å². The van der Waals surface area contributed by atoms with Crippen LogP contribution < -0.4 is 10.6 Å². The van der Waals surface area contributed by atoms with Crippen molar-refractivity contribution in [3.05, 3.63) is 66.6 Å². The van der Waals surface area contributed by atoms with Crippen molar-refractivity contribution in [2.24, 2.45) is 7.05 Å². The van der Waals surface area contributed by atoms with E-state index in [1.165, 1.54) is 0 Å². The first kappa shape index (κ1) is 16.7. The lowest BCUT2D eigenvalue weighted by molar-refractivity contribution is 0.262. The van der Waals surface area contributed by atoms with Crippen LogP contribution in [0.5, 0.6) is 0 Å². The quantitative estimate of drug-likeness (QED) is 0.580. The van der Waals surface area contributed by atoms with Crippen molar-refractivity contribution in [2.45, 2.75) is 6.92 Å². The van der Waals surface area contributed by atoms with E-state index in [2.05, 4.69) is 25.7 Å². The second-order valence-electron chi connectivity index (χ2n) is 6.31. The Morgan fingerprint density at radius 2 is 1.70 bits per heavy atom. The smallest absolute Gasteiger partial charge is 0.308 e.